The molecule has 0 saturated heterocycles. The van der Waals surface area contributed by atoms with Crippen LogP contribution in [0, 0.1) is 12.7 Å². The molecule has 0 aromatic heterocycles. The van der Waals surface area contributed by atoms with Crippen molar-refractivity contribution >= 4 is 0 Å². The number of rotatable bonds is 6. The first-order valence-electron chi connectivity index (χ1n) is 7.26. The van der Waals surface area contributed by atoms with Gasteiger partial charge in [0, 0.05) is 19.1 Å². The van der Waals surface area contributed by atoms with Gasteiger partial charge in [-0.2, -0.15) is 0 Å². The van der Waals surface area contributed by atoms with Gasteiger partial charge in [0.1, 0.15) is 5.82 Å². The summed E-state index contributed by atoms with van der Waals surface area (Å²) in [6.45, 7) is 3.85. The van der Waals surface area contributed by atoms with E-state index in [9.17, 15) is 4.39 Å². The van der Waals surface area contributed by atoms with Crippen molar-refractivity contribution in [3.8, 4) is 0 Å². The van der Waals surface area contributed by atoms with Gasteiger partial charge in [0.2, 0.25) is 0 Å². The molecule has 0 aliphatic heterocycles. The van der Waals surface area contributed by atoms with Crippen molar-refractivity contribution in [1.82, 2.24) is 10.2 Å². The summed E-state index contributed by atoms with van der Waals surface area (Å²) in [6.07, 6.45) is 0. The van der Waals surface area contributed by atoms with Crippen molar-refractivity contribution < 1.29 is 4.39 Å². The molecule has 2 aromatic carbocycles. The van der Waals surface area contributed by atoms with Crippen molar-refractivity contribution in [1.29, 1.82) is 0 Å². The number of benzene rings is 2. The lowest BCUT2D eigenvalue weighted by molar-refractivity contribution is 0.289. The first-order valence-corrected chi connectivity index (χ1v) is 7.26. The fourth-order valence-corrected chi connectivity index (χ4v) is 2.60. The normalized spacial score (nSPS) is 12.6. The molecule has 1 atom stereocenters. The van der Waals surface area contributed by atoms with Crippen LogP contribution in [0.1, 0.15) is 22.7 Å². The van der Waals surface area contributed by atoms with Crippen LogP contribution in [0.15, 0.2) is 48.5 Å². The van der Waals surface area contributed by atoms with Crippen LogP contribution in [0.5, 0.6) is 0 Å². The third-order valence-electron chi connectivity index (χ3n) is 3.77. The molecule has 0 aliphatic rings. The fraction of sp³-hybridized carbons (Fsp3) is 0.333. The first-order chi connectivity index (χ1) is 10.1. The molecule has 0 heterocycles. The zero-order chi connectivity index (χ0) is 15.2. The maximum absolute atomic E-state index is 12.9. The Morgan fingerprint density at radius 3 is 2.38 bits per heavy atom. The van der Waals surface area contributed by atoms with Gasteiger partial charge >= 0.3 is 0 Å². The van der Waals surface area contributed by atoms with Crippen molar-refractivity contribution in [2.24, 2.45) is 0 Å². The average Bonchev–Trinajstić information content (AvgIpc) is 2.48. The molecular weight excluding hydrogens is 263 g/mol. The van der Waals surface area contributed by atoms with Crippen molar-refractivity contribution in [3.05, 3.63) is 71.0 Å². The van der Waals surface area contributed by atoms with E-state index in [-0.39, 0.29) is 11.9 Å². The number of hydrogen-bond donors (Lipinski definition) is 1. The predicted octanol–water partition coefficient (Wildman–Crippen LogP) is 3.53. The van der Waals surface area contributed by atoms with Crippen LogP contribution in [0.2, 0.25) is 0 Å². The maximum Gasteiger partial charge on any atom is 0.123 e. The van der Waals surface area contributed by atoms with Gasteiger partial charge in [0.05, 0.1) is 0 Å². The summed E-state index contributed by atoms with van der Waals surface area (Å²) in [7, 11) is 4.08. The molecule has 0 radical (unpaired) electrons. The highest BCUT2D eigenvalue weighted by molar-refractivity contribution is 5.29. The van der Waals surface area contributed by atoms with E-state index in [1.165, 1.54) is 23.3 Å². The van der Waals surface area contributed by atoms with Crippen LogP contribution in [-0.4, -0.2) is 25.5 Å². The van der Waals surface area contributed by atoms with Gasteiger partial charge in [0.15, 0.2) is 0 Å². The number of nitrogens with one attached hydrogen (secondary N) is 1. The monoisotopic (exact) mass is 286 g/mol. The van der Waals surface area contributed by atoms with E-state index in [0.29, 0.717) is 0 Å². The second kappa shape index (κ2) is 7.34. The second-order valence-electron chi connectivity index (χ2n) is 5.52. The van der Waals surface area contributed by atoms with Gasteiger partial charge in [-0.05, 0) is 49.8 Å². The minimum Gasteiger partial charge on any atom is -0.312 e. The lowest BCUT2D eigenvalue weighted by Gasteiger charge is -2.25. The molecule has 3 heteroatoms. The number of hydrogen-bond acceptors (Lipinski definition) is 2. The van der Waals surface area contributed by atoms with Crippen LogP contribution >= 0.6 is 0 Å². The molecule has 21 heavy (non-hydrogen) atoms. The SMILES string of the molecule is CNC(CN(C)Cc1ccc(F)cc1)c1ccccc1C. The molecular formula is C18H23FN2. The zero-order valence-corrected chi connectivity index (χ0v) is 12.9. The molecule has 0 aliphatic carbocycles. The van der Waals surface area contributed by atoms with E-state index in [1.54, 1.807) is 0 Å². The summed E-state index contributed by atoms with van der Waals surface area (Å²) in [5, 5.41) is 3.38. The molecule has 0 amide bonds. The molecule has 1 unspecified atom stereocenters. The van der Waals surface area contributed by atoms with Crippen LogP contribution in [0.25, 0.3) is 0 Å². The molecule has 1 N–H and O–H groups in total. The summed E-state index contributed by atoms with van der Waals surface area (Å²) in [5.41, 5.74) is 3.75. The van der Waals surface area contributed by atoms with Crippen molar-refractivity contribution in [2.75, 3.05) is 20.6 Å². The Morgan fingerprint density at radius 2 is 1.76 bits per heavy atom. The summed E-state index contributed by atoms with van der Waals surface area (Å²) < 4.78 is 12.9. The van der Waals surface area contributed by atoms with Crippen LogP contribution < -0.4 is 5.32 Å². The van der Waals surface area contributed by atoms with E-state index >= 15 is 0 Å². The Kier molecular flexibility index (Phi) is 5.48. The number of halogens is 1. The number of nitrogens with zero attached hydrogens (tertiary/aromatic N) is 1. The Morgan fingerprint density at radius 1 is 1.10 bits per heavy atom. The Bertz CT molecular complexity index is 566. The Hall–Kier alpha value is -1.71. The molecule has 0 spiro atoms. The molecule has 112 valence electrons. The van der Waals surface area contributed by atoms with Gasteiger partial charge in [-0.15, -0.1) is 0 Å². The maximum atomic E-state index is 12.9. The van der Waals surface area contributed by atoms with E-state index in [1.807, 2.05) is 19.2 Å². The molecule has 0 saturated carbocycles. The van der Waals surface area contributed by atoms with Crippen LogP contribution in [0.3, 0.4) is 0 Å². The quantitative estimate of drug-likeness (QED) is 0.874. The number of aryl methyl sites for hydroxylation is 1. The van der Waals surface area contributed by atoms with Gasteiger partial charge < -0.3 is 10.2 Å². The summed E-state index contributed by atoms with van der Waals surface area (Å²) in [5.74, 6) is -0.186. The highest BCUT2D eigenvalue weighted by Gasteiger charge is 2.14. The van der Waals surface area contributed by atoms with Gasteiger partial charge in [-0.25, -0.2) is 4.39 Å². The topological polar surface area (TPSA) is 15.3 Å². The van der Waals surface area contributed by atoms with E-state index in [2.05, 4.69) is 48.5 Å². The minimum absolute atomic E-state index is 0.186. The second-order valence-corrected chi connectivity index (χ2v) is 5.52. The lowest BCUT2D eigenvalue weighted by atomic mass is 10.0. The average molecular weight is 286 g/mol. The lowest BCUT2D eigenvalue weighted by Crippen LogP contribution is -2.31. The van der Waals surface area contributed by atoms with Crippen molar-refractivity contribution in [3.63, 3.8) is 0 Å². The van der Waals surface area contributed by atoms with Gasteiger partial charge in [-0.3, -0.25) is 0 Å². The summed E-state index contributed by atoms with van der Waals surface area (Å²) in [6, 6.07) is 15.4. The minimum atomic E-state index is -0.186. The molecule has 0 fully saturated rings. The predicted molar refractivity (Wildman–Crippen MR) is 85.7 cm³/mol. The highest BCUT2D eigenvalue weighted by Crippen LogP contribution is 2.18. The molecule has 2 rings (SSSR count). The molecule has 2 aromatic rings. The van der Waals surface area contributed by atoms with Gasteiger partial charge in [0.25, 0.3) is 0 Å². The van der Waals surface area contributed by atoms with E-state index in [0.717, 1.165) is 18.7 Å². The summed E-state index contributed by atoms with van der Waals surface area (Å²) >= 11 is 0. The molecule has 0 bridgehead atoms. The van der Waals surface area contributed by atoms with Crippen LogP contribution in [0.4, 0.5) is 4.39 Å². The van der Waals surface area contributed by atoms with E-state index in [4.69, 9.17) is 0 Å². The zero-order valence-electron chi connectivity index (χ0n) is 12.9. The highest BCUT2D eigenvalue weighted by atomic mass is 19.1. The first kappa shape index (κ1) is 15.7. The van der Waals surface area contributed by atoms with E-state index < -0.39 is 0 Å². The summed E-state index contributed by atoms with van der Waals surface area (Å²) in [4.78, 5) is 2.25. The van der Waals surface area contributed by atoms with Crippen molar-refractivity contribution in [2.45, 2.75) is 19.5 Å². The third-order valence-corrected chi connectivity index (χ3v) is 3.77. The largest absolute Gasteiger partial charge is 0.312 e. The Balaban J connectivity index is 2.01. The van der Waals surface area contributed by atoms with Gasteiger partial charge in [-0.1, -0.05) is 36.4 Å². The fourth-order valence-electron chi connectivity index (χ4n) is 2.60. The van der Waals surface area contributed by atoms with Crippen LogP contribution in [-0.2, 0) is 6.54 Å². The Labute approximate surface area is 126 Å². The number of likely N-dealkylation sites (N-methyl/N-ethyl adjacent to an activating group) is 2. The standard InChI is InChI=1S/C18H23FN2/c1-14-6-4-5-7-17(14)18(20-2)13-21(3)12-15-8-10-16(19)11-9-15/h4-11,18,20H,12-13H2,1-3H3. The molecule has 2 nitrogen and oxygen atoms in total. The third kappa shape index (κ3) is 4.38. The smallest absolute Gasteiger partial charge is 0.123 e.